The van der Waals surface area contributed by atoms with Crippen LogP contribution < -0.4 is 5.32 Å². The molecule has 2 atom stereocenters. The lowest BCUT2D eigenvalue weighted by Gasteiger charge is -2.29. The highest BCUT2D eigenvalue weighted by molar-refractivity contribution is 5.78. The number of esters is 1. The third-order valence-electron chi connectivity index (χ3n) is 3.49. The summed E-state index contributed by atoms with van der Waals surface area (Å²) in [6, 6.07) is 6.13. The van der Waals surface area contributed by atoms with E-state index in [4.69, 9.17) is 4.74 Å². The molecule has 98 valence electrons. The van der Waals surface area contributed by atoms with Gasteiger partial charge in [-0.1, -0.05) is 12.1 Å². The van der Waals surface area contributed by atoms with E-state index in [0.717, 1.165) is 31.5 Å². The SMILES string of the molecule is COC(=O)C(c1ccc(F)cc1)C1CCCNC1. The lowest BCUT2D eigenvalue weighted by Crippen LogP contribution is -2.36. The maximum atomic E-state index is 12.9. The zero-order valence-electron chi connectivity index (χ0n) is 10.5. The number of carbonyl (C=O) groups is 1. The number of carbonyl (C=O) groups excluding carboxylic acids is 1. The molecule has 0 bridgehead atoms. The number of rotatable bonds is 3. The van der Waals surface area contributed by atoms with Crippen LogP contribution in [0.3, 0.4) is 0 Å². The van der Waals surface area contributed by atoms with Gasteiger partial charge < -0.3 is 10.1 Å². The van der Waals surface area contributed by atoms with Gasteiger partial charge in [0.15, 0.2) is 0 Å². The van der Waals surface area contributed by atoms with Crippen molar-refractivity contribution in [3.05, 3.63) is 35.6 Å². The van der Waals surface area contributed by atoms with E-state index >= 15 is 0 Å². The maximum absolute atomic E-state index is 12.9. The summed E-state index contributed by atoms with van der Waals surface area (Å²) in [5.74, 6) is -0.612. The molecule has 2 rings (SSSR count). The average molecular weight is 251 g/mol. The smallest absolute Gasteiger partial charge is 0.313 e. The van der Waals surface area contributed by atoms with Gasteiger partial charge in [0.2, 0.25) is 0 Å². The highest BCUT2D eigenvalue weighted by Gasteiger charge is 2.31. The molecular formula is C14H18FNO2. The molecule has 0 saturated carbocycles. The number of benzene rings is 1. The molecule has 1 N–H and O–H groups in total. The Balaban J connectivity index is 2.23. The van der Waals surface area contributed by atoms with Crippen molar-refractivity contribution < 1.29 is 13.9 Å². The molecule has 1 heterocycles. The fourth-order valence-corrected chi connectivity index (χ4v) is 2.56. The van der Waals surface area contributed by atoms with E-state index in [9.17, 15) is 9.18 Å². The van der Waals surface area contributed by atoms with Crippen molar-refractivity contribution in [3.63, 3.8) is 0 Å². The largest absolute Gasteiger partial charge is 0.469 e. The summed E-state index contributed by atoms with van der Waals surface area (Å²) < 4.78 is 17.8. The quantitative estimate of drug-likeness (QED) is 0.836. The van der Waals surface area contributed by atoms with Gasteiger partial charge in [0.1, 0.15) is 5.82 Å². The van der Waals surface area contributed by atoms with Crippen LogP contribution in [-0.2, 0) is 9.53 Å². The topological polar surface area (TPSA) is 38.3 Å². The zero-order chi connectivity index (χ0) is 13.0. The number of nitrogens with one attached hydrogen (secondary N) is 1. The molecule has 1 saturated heterocycles. The van der Waals surface area contributed by atoms with Crippen molar-refractivity contribution in [2.24, 2.45) is 5.92 Å². The van der Waals surface area contributed by atoms with E-state index in [1.54, 1.807) is 12.1 Å². The summed E-state index contributed by atoms with van der Waals surface area (Å²) in [6.45, 7) is 1.80. The van der Waals surface area contributed by atoms with Crippen LogP contribution in [0.2, 0.25) is 0 Å². The highest BCUT2D eigenvalue weighted by atomic mass is 19.1. The molecule has 2 unspecified atom stereocenters. The van der Waals surface area contributed by atoms with Crippen molar-refractivity contribution >= 4 is 5.97 Å². The maximum Gasteiger partial charge on any atom is 0.313 e. The molecule has 18 heavy (non-hydrogen) atoms. The Morgan fingerprint density at radius 2 is 2.17 bits per heavy atom. The predicted molar refractivity (Wildman–Crippen MR) is 66.8 cm³/mol. The summed E-state index contributed by atoms with van der Waals surface area (Å²) in [5.41, 5.74) is 0.831. The van der Waals surface area contributed by atoms with E-state index in [1.165, 1.54) is 19.2 Å². The van der Waals surface area contributed by atoms with Gasteiger partial charge in [-0.05, 0) is 49.5 Å². The lowest BCUT2D eigenvalue weighted by atomic mass is 9.81. The Labute approximate surface area is 106 Å². The Morgan fingerprint density at radius 3 is 2.72 bits per heavy atom. The van der Waals surface area contributed by atoms with Crippen LogP contribution in [0.25, 0.3) is 0 Å². The van der Waals surface area contributed by atoms with Crippen molar-refractivity contribution in [1.29, 1.82) is 0 Å². The average Bonchev–Trinajstić information content (AvgIpc) is 2.42. The number of methoxy groups -OCH3 is 1. The summed E-state index contributed by atoms with van der Waals surface area (Å²) in [6.07, 6.45) is 2.05. The number of piperidine rings is 1. The molecule has 0 radical (unpaired) electrons. The molecular weight excluding hydrogens is 233 g/mol. The molecule has 0 amide bonds. The molecule has 1 aliphatic rings. The molecule has 1 aliphatic heterocycles. The van der Waals surface area contributed by atoms with E-state index in [0.29, 0.717) is 0 Å². The van der Waals surface area contributed by atoms with Crippen molar-refractivity contribution in [2.75, 3.05) is 20.2 Å². The van der Waals surface area contributed by atoms with E-state index < -0.39 is 0 Å². The second-order valence-electron chi connectivity index (χ2n) is 4.66. The summed E-state index contributed by atoms with van der Waals surface area (Å²) >= 11 is 0. The number of hydrogen-bond donors (Lipinski definition) is 1. The summed E-state index contributed by atoms with van der Waals surface area (Å²) in [7, 11) is 1.40. The molecule has 0 spiro atoms. The van der Waals surface area contributed by atoms with Gasteiger partial charge in [-0.2, -0.15) is 0 Å². The highest BCUT2D eigenvalue weighted by Crippen LogP contribution is 2.30. The van der Waals surface area contributed by atoms with Crippen LogP contribution in [0.1, 0.15) is 24.3 Å². The van der Waals surface area contributed by atoms with Crippen molar-refractivity contribution in [3.8, 4) is 0 Å². The first-order valence-electron chi connectivity index (χ1n) is 6.26. The predicted octanol–water partition coefficient (Wildman–Crippen LogP) is 2.08. The molecule has 4 heteroatoms. The minimum absolute atomic E-state index is 0.219. The van der Waals surface area contributed by atoms with Gasteiger partial charge in [0, 0.05) is 0 Å². The van der Waals surface area contributed by atoms with Crippen LogP contribution >= 0.6 is 0 Å². The molecule has 1 aromatic rings. The Kier molecular flexibility index (Phi) is 4.31. The van der Waals surface area contributed by atoms with Crippen LogP contribution in [0.4, 0.5) is 4.39 Å². The van der Waals surface area contributed by atoms with E-state index in [1.807, 2.05) is 0 Å². The van der Waals surface area contributed by atoms with Gasteiger partial charge in [-0.25, -0.2) is 4.39 Å². The van der Waals surface area contributed by atoms with Gasteiger partial charge in [0.05, 0.1) is 13.0 Å². The first kappa shape index (κ1) is 13.0. The standard InChI is InChI=1S/C14H18FNO2/c1-18-14(17)13(11-3-2-8-16-9-11)10-4-6-12(15)7-5-10/h4-7,11,13,16H,2-3,8-9H2,1H3. The van der Waals surface area contributed by atoms with Crippen LogP contribution in [0.15, 0.2) is 24.3 Å². The van der Waals surface area contributed by atoms with Gasteiger partial charge in [-0.15, -0.1) is 0 Å². The molecule has 1 aromatic carbocycles. The molecule has 3 nitrogen and oxygen atoms in total. The third kappa shape index (κ3) is 2.88. The van der Waals surface area contributed by atoms with Crippen LogP contribution in [-0.4, -0.2) is 26.2 Å². The van der Waals surface area contributed by atoms with Crippen LogP contribution in [0.5, 0.6) is 0 Å². The van der Waals surface area contributed by atoms with Crippen LogP contribution in [0, 0.1) is 11.7 Å². The zero-order valence-corrected chi connectivity index (χ0v) is 10.5. The summed E-state index contributed by atoms with van der Waals surface area (Å²) in [5, 5.41) is 3.29. The Hall–Kier alpha value is -1.42. The number of ether oxygens (including phenoxy) is 1. The Morgan fingerprint density at radius 1 is 1.44 bits per heavy atom. The van der Waals surface area contributed by atoms with Gasteiger partial charge in [0.25, 0.3) is 0 Å². The first-order chi connectivity index (χ1) is 8.72. The fraction of sp³-hybridized carbons (Fsp3) is 0.500. The van der Waals surface area contributed by atoms with Crippen molar-refractivity contribution in [2.45, 2.75) is 18.8 Å². The second-order valence-corrected chi connectivity index (χ2v) is 4.66. The second kappa shape index (κ2) is 5.96. The monoisotopic (exact) mass is 251 g/mol. The molecule has 1 fully saturated rings. The first-order valence-corrected chi connectivity index (χ1v) is 6.26. The van der Waals surface area contributed by atoms with Gasteiger partial charge >= 0.3 is 5.97 Å². The van der Waals surface area contributed by atoms with E-state index in [-0.39, 0.29) is 23.6 Å². The van der Waals surface area contributed by atoms with Gasteiger partial charge in [-0.3, -0.25) is 4.79 Å². The summed E-state index contributed by atoms with van der Waals surface area (Å²) in [4.78, 5) is 12.0. The minimum Gasteiger partial charge on any atom is -0.469 e. The minimum atomic E-state index is -0.302. The third-order valence-corrected chi connectivity index (χ3v) is 3.49. The Bertz CT molecular complexity index is 399. The fourth-order valence-electron chi connectivity index (χ4n) is 2.56. The molecule has 0 aromatic heterocycles. The number of halogens is 1. The van der Waals surface area contributed by atoms with Crippen molar-refractivity contribution in [1.82, 2.24) is 5.32 Å². The normalized spacial score (nSPS) is 21.3. The number of hydrogen-bond acceptors (Lipinski definition) is 3. The molecule has 0 aliphatic carbocycles. The van der Waals surface area contributed by atoms with E-state index in [2.05, 4.69) is 5.32 Å². The lowest BCUT2D eigenvalue weighted by molar-refractivity contribution is -0.144.